The number of aromatic nitrogens is 4. The molecule has 3 aromatic rings. The molecule has 0 spiro atoms. The third kappa shape index (κ3) is 2.93. The minimum Gasteiger partial charge on any atom is -0.461 e. The first-order valence-electron chi connectivity index (χ1n) is 7.02. The number of anilines is 1. The molecule has 3 heterocycles. The fourth-order valence-electron chi connectivity index (χ4n) is 2.29. The van der Waals surface area contributed by atoms with Gasteiger partial charge in [0.1, 0.15) is 0 Å². The van der Waals surface area contributed by atoms with Crippen LogP contribution in [0.2, 0.25) is 0 Å². The Kier molecular flexibility index (Phi) is 3.78. The summed E-state index contributed by atoms with van der Waals surface area (Å²) in [7, 11) is 0. The monoisotopic (exact) mass is 299 g/mol. The van der Waals surface area contributed by atoms with Crippen molar-refractivity contribution in [2.24, 2.45) is 0 Å². The molecule has 2 N–H and O–H groups in total. The van der Waals surface area contributed by atoms with Gasteiger partial charge < -0.3 is 8.98 Å². The molecule has 22 heavy (non-hydrogen) atoms. The van der Waals surface area contributed by atoms with Crippen LogP contribution in [-0.4, -0.2) is 25.7 Å². The third-order valence-electron chi connectivity index (χ3n) is 3.47. The van der Waals surface area contributed by atoms with Gasteiger partial charge in [0, 0.05) is 24.4 Å². The Bertz CT molecular complexity index is 750. The maximum atomic E-state index is 12.0. The Hall–Kier alpha value is -2.83. The van der Waals surface area contributed by atoms with Gasteiger partial charge in [0.2, 0.25) is 11.9 Å². The maximum Gasteiger partial charge on any atom is 0.249 e. The second kappa shape index (κ2) is 5.88. The van der Waals surface area contributed by atoms with Gasteiger partial charge in [-0.1, -0.05) is 0 Å². The summed E-state index contributed by atoms with van der Waals surface area (Å²) in [5.74, 6) is 1.18. The largest absolute Gasteiger partial charge is 0.461 e. The van der Waals surface area contributed by atoms with E-state index < -0.39 is 0 Å². The minimum atomic E-state index is -0.127. The third-order valence-corrected chi connectivity index (χ3v) is 3.47. The molecule has 3 rings (SSSR count). The van der Waals surface area contributed by atoms with Crippen molar-refractivity contribution in [3.63, 3.8) is 0 Å². The molecule has 0 saturated carbocycles. The van der Waals surface area contributed by atoms with Crippen molar-refractivity contribution in [3.05, 3.63) is 41.9 Å². The zero-order valence-electron chi connectivity index (χ0n) is 12.5. The highest BCUT2D eigenvalue weighted by Gasteiger charge is 2.11. The van der Waals surface area contributed by atoms with E-state index in [-0.39, 0.29) is 11.9 Å². The number of rotatable bonds is 5. The summed E-state index contributed by atoms with van der Waals surface area (Å²) < 4.78 is 7.31. The highest BCUT2D eigenvalue weighted by atomic mass is 16.3. The molecule has 3 aromatic heterocycles. The molecule has 1 amide bonds. The van der Waals surface area contributed by atoms with Gasteiger partial charge in [0.25, 0.3) is 0 Å². The zero-order chi connectivity index (χ0) is 15.5. The molecule has 7 nitrogen and oxygen atoms in total. The van der Waals surface area contributed by atoms with E-state index in [2.05, 4.69) is 25.1 Å². The molecule has 114 valence electrons. The summed E-state index contributed by atoms with van der Waals surface area (Å²) in [6.45, 7) is 4.68. The van der Waals surface area contributed by atoms with Crippen LogP contribution in [0, 0.1) is 13.8 Å². The van der Waals surface area contributed by atoms with E-state index >= 15 is 0 Å². The lowest BCUT2D eigenvalue weighted by molar-refractivity contribution is -0.116. The van der Waals surface area contributed by atoms with Crippen molar-refractivity contribution in [2.45, 2.75) is 26.8 Å². The van der Waals surface area contributed by atoms with E-state index in [4.69, 9.17) is 4.42 Å². The van der Waals surface area contributed by atoms with Crippen LogP contribution in [0.1, 0.15) is 17.8 Å². The fourth-order valence-corrected chi connectivity index (χ4v) is 2.29. The second-order valence-corrected chi connectivity index (χ2v) is 5.05. The number of carbonyl (C=O) groups is 1. The lowest BCUT2D eigenvalue weighted by atomic mass is 10.3. The summed E-state index contributed by atoms with van der Waals surface area (Å²) in [6.07, 6.45) is 1.92. The van der Waals surface area contributed by atoms with E-state index in [0.29, 0.717) is 24.6 Å². The number of aromatic amines is 1. The molecule has 0 fully saturated rings. The average Bonchev–Trinajstić information content (AvgIpc) is 3.20. The molecule has 0 unspecified atom stereocenters. The van der Waals surface area contributed by atoms with Crippen LogP contribution in [0.15, 0.2) is 34.9 Å². The van der Waals surface area contributed by atoms with Crippen molar-refractivity contribution < 1.29 is 9.21 Å². The molecule has 0 atom stereocenters. The van der Waals surface area contributed by atoms with Gasteiger partial charge in [-0.15, -0.1) is 5.10 Å². The first-order valence-corrected chi connectivity index (χ1v) is 7.02. The molecule has 7 heteroatoms. The number of hydrogen-bond donors (Lipinski definition) is 2. The van der Waals surface area contributed by atoms with Crippen molar-refractivity contribution >= 4 is 11.9 Å². The van der Waals surface area contributed by atoms with Crippen LogP contribution in [0.25, 0.3) is 11.6 Å². The van der Waals surface area contributed by atoms with Crippen LogP contribution in [0.3, 0.4) is 0 Å². The Morgan fingerprint density at radius 1 is 1.32 bits per heavy atom. The SMILES string of the molecule is Cc1ccc(C)n1CCC(=O)Nc1n[nH]c(-c2ccco2)n1. The molecule has 0 bridgehead atoms. The molecule has 0 aliphatic rings. The van der Waals surface area contributed by atoms with Gasteiger partial charge in [0.15, 0.2) is 11.6 Å². The lowest BCUT2D eigenvalue weighted by Gasteiger charge is -2.08. The van der Waals surface area contributed by atoms with Gasteiger partial charge in [-0.05, 0) is 38.1 Å². The standard InChI is InChI=1S/C15H17N5O2/c1-10-5-6-11(2)20(10)8-7-13(21)16-15-17-14(18-19-15)12-4-3-9-22-12/h3-6,9H,7-8H2,1-2H3,(H2,16,17,18,19,21). The van der Waals surface area contributed by atoms with E-state index in [1.54, 1.807) is 18.4 Å². The summed E-state index contributed by atoms with van der Waals surface area (Å²) >= 11 is 0. The number of carbonyl (C=O) groups excluding carboxylic acids is 1. The highest BCUT2D eigenvalue weighted by molar-refractivity contribution is 5.88. The van der Waals surface area contributed by atoms with Crippen molar-refractivity contribution in [1.82, 2.24) is 19.7 Å². The van der Waals surface area contributed by atoms with Crippen molar-refractivity contribution in [2.75, 3.05) is 5.32 Å². The van der Waals surface area contributed by atoms with Crippen LogP contribution in [0.4, 0.5) is 5.95 Å². The number of H-pyrrole nitrogens is 1. The number of nitrogens with zero attached hydrogens (tertiary/aromatic N) is 3. The summed E-state index contributed by atoms with van der Waals surface area (Å²) in [6, 6.07) is 7.61. The van der Waals surface area contributed by atoms with Gasteiger partial charge >= 0.3 is 0 Å². The number of hydrogen-bond acceptors (Lipinski definition) is 4. The molecular weight excluding hydrogens is 282 g/mol. The Morgan fingerprint density at radius 3 is 2.77 bits per heavy atom. The quantitative estimate of drug-likeness (QED) is 0.757. The predicted octanol–water partition coefficient (Wildman–Crippen LogP) is 2.51. The molecule has 0 aromatic carbocycles. The Labute approximate surface area is 127 Å². The number of amides is 1. The van der Waals surface area contributed by atoms with Crippen molar-refractivity contribution in [3.8, 4) is 11.6 Å². The second-order valence-electron chi connectivity index (χ2n) is 5.05. The Balaban J connectivity index is 1.58. The summed E-state index contributed by atoms with van der Waals surface area (Å²) in [5, 5.41) is 9.36. The van der Waals surface area contributed by atoms with E-state index in [0.717, 1.165) is 11.4 Å². The molecule has 0 aliphatic carbocycles. The zero-order valence-corrected chi connectivity index (χ0v) is 12.5. The predicted molar refractivity (Wildman–Crippen MR) is 81.2 cm³/mol. The van der Waals surface area contributed by atoms with E-state index in [1.807, 2.05) is 26.0 Å². The van der Waals surface area contributed by atoms with Crippen LogP contribution in [-0.2, 0) is 11.3 Å². The summed E-state index contributed by atoms with van der Waals surface area (Å²) in [5.41, 5.74) is 2.28. The first kappa shape index (κ1) is 14.1. The number of nitrogens with one attached hydrogen (secondary N) is 2. The Morgan fingerprint density at radius 2 is 2.09 bits per heavy atom. The first-order chi connectivity index (χ1) is 10.6. The smallest absolute Gasteiger partial charge is 0.249 e. The highest BCUT2D eigenvalue weighted by Crippen LogP contribution is 2.16. The molecule has 0 saturated heterocycles. The van der Waals surface area contributed by atoms with E-state index in [9.17, 15) is 4.79 Å². The molecular formula is C15H17N5O2. The van der Waals surface area contributed by atoms with Gasteiger partial charge in [-0.3, -0.25) is 15.2 Å². The molecule has 0 radical (unpaired) electrons. The minimum absolute atomic E-state index is 0.127. The number of furan rings is 1. The fraction of sp³-hybridized carbons (Fsp3) is 0.267. The average molecular weight is 299 g/mol. The van der Waals surface area contributed by atoms with Crippen LogP contribution in [0.5, 0.6) is 0 Å². The van der Waals surface area contributed by atoms with Gasteiger partial charge in [-0.2, -0.15) is 4.98 Å². The van der Waals surface area contributed by atoms with E-state index in [1.165, 1.54) is 0 Å². The van der Waals surface area contributed by atoms with Gasteiger partial charge in [-0.25, -0.2) is 0 Å². The number of aryl methyl sites for hydroxylation is 2. The van der Waals surface area contributed by atoms with Crippen molar-refractivity contribution in [1.29, 1.82) is 0 Å². The summed E-state index contributed by atoms with van der Waals surface area (Å²) in [4.78, 5) is 16.2. The van der Waals surface area contributed by atoms with Gasteiger partial charge in [0.05, 0.1) is 6.26 Å². The topological polar surface area (TPSA) is 88.7 Å². The van der Waals surface area contributed by atoms with Crippen LogP contribution >= 0.6 is 0 Å². The lowest BCUT2D eigenvalue weighted by Crippen LogP contribution is -2.16. The maximum absolute atomic E-state index is 12.0. The normalized spacial score (nSPS) is 10.8. The molecule has 0 aliphatic heterocycles. The van der Waals surface area contributed by atoms with Crippen LogP contribution < -0.4 is 5.32 Å².